The topological polar surface area (TPSA) is 66.0 Å². The minimum absolute atomic E-state index is 0.215. The fraction of sp³-hybridized carbons (Fsp3) is 0.222. The molecule has 1 heterocycles. The number of aromatic nitrogens is 3. The second kappa shape index (κ2) is 7.57. The van der Waals surface area contributed by atoms with Crippen LogP contribution in [0.25, 0.3) is 0 Å². The molecule has 0 aliphatic rings. The lowest BCUT2D eigenvalue weighted by Crippen LogP contribution is -2.15. The van der Waals surface area contributed by atoms with Gasteiger partial charge in [-0.05, 0) is 48.7 Å². The highest BCUT2D eigenvalue weighted by atomic mass is 32.2. The molecule has 0 aliphatic heterocycles. The SMILES string of the molecule is Cc1cc(C)cc(OCc2nnc(SCc3ccccc3F)n2N)c1. The molecular formula is C18H19FN4OS. The Bertz CT molecular complexity index is 861. The molecule has 0 aliphatic carbocycles. The third-order valence-electron chi connectivity index (χ3n) is 3.61. The molecule has 25 heavy (non-hydrogen) atoms. The molecule has 2 N–H and O–H groups in total. The lowest BCUT2D eigenvalue weighted by Gasteiger charge is -2.08. The number of hydrogen-bond acceptors (Lipinski definition) is 5. The lowest BCUT2D eigenvalue weighted by molar-refractivity contribution is 0.291. The minimum atomic E-state index is -0.239. The number of nitrogens with zero attached hydrogens (tertiary/aromatic N) is 3. The Balaban J connectivity index is 1.64. The average molecular weight is 358 g/mol. The molecule has 0 spiro atoms. The van der Waals surface area contributed by atoms with Crippen molar-refractivity contribution in [2.45, 2.75) is 31.4 Å². The molecule has 0 fully saturated rings. The second-order valence-corrected chi connectivity index (χ2v) is 6.70. The van der Waals surface area contributed by atoms with E-state index in [0.717, 1.165) is 16.9 Å². The van der Waals surface area contributed by atoms with Gasteiger partial charge in [0, 0.05) is 5.75 Å². The average Bonchev–Trinajstić information content (AvgIpc) is 2.91. The summed E-state index contributed by atoms with van der Waals surface area (Å²) in [4.78, 5) is 0. The number of rotatable bonds is 6. The van der Waals surface area contributed by atoms with Crippen molar-refractivity contribution in [1.82, 2.24) is 14.9 Å². The predicted molar refractivity (Wildman–Crippen MR) is 96.4 cm³/mol. The van der Waals surface area contributed by atoms with Crippen LogP contribution in [0.1, 0.15) is 22.5 Å². The maximum atomic E-state index is 13.7. The van der Waals surface area contributed by atoms with Gasteiger partial charge in [-0.25, -0.2) is 9.07 Å². The Morgan fingerprint density at radius 1 is 1.12 bits per heavy atom. The summed E-state index contributed by atoms with van der Waals surface area (Å²) in [7, 11) is 0. The maximum absolute atomic E-state index is 13.7. The van der Waals surface area contributed by atoms with Crippen molar-refractivity contribution >= 4 is 11.8 Å². The Kier molecular flexibility index (Phi) is 5.23. The molecular weight excluding hydrogens is 339 g/mol. The van der Waals surface area contributed by atoms with Gasteiger partial charge in [-0.3, -0.25) is 0 Å². The highest BCUT2D eigenvalue weighted by Gasteiger charge is 2.12. The van der Waals surface area contributed by atoms with E-state index in [1.807, 2.05) is 26.0 Å². The van der Waals surface area contributed by atoms with E-state index in [9.17, 15) is 4.39 Å². The first-order valence-electron chi connectivity index (χ1n) is 7.79. The molecule has 0 saturated carbocycles. The molecule has 0 unspecified atom stereocenters. The molecule has 2 aromatic carbocycles. The van der Waals surface area contributed by atoms with Crippen LogP contribution in [0.4, 0.5) is 4.39 Å². The number of nitrogen functional groups attached to an aromatic ring is 1. The van der Waals surface area contributed by atoms with Crippen molar-refractivity contribution in [3.8, 4) is 5.75 Å². The maximum Gasteiger partial charge on any atom is 0.210 e. The summed E-state index contributed by atoms with van der Waals surface area (Å²) in [6, 6.07) is 12.6. The number of thioether (sulfide) groups is 1. The summed E-state index contributed by atoms with van der Waals surface area (Å²) in [5.74, 6) is 7.49. The molecule has 130 valence electrons. The number of hydrogen-bond donors (Lipinski definition) is 1. The van der Waals surface area contributed by atoms with Gasteiger partial charge in [0.1, 0.15) is 18.2 Å². The molecule has 0 amide bonds. The van der Waals surface area contributed by atoms with Crippen LogP contribution in [0, 0.1) is 19.7 Å². The van der Waals surface area contributed by atoms with E-state index in [0.29, 0.717) is 22.3 Å². The first-order chi connectivity index (χ1) is 12.0. The van der Waals surface area contributed by atoms with Gasteiger partial charge in [-0.2, -0.15) is 0 Å². The summed E-state index contributed by atoms with van der Waals surface area (Å²) in [5.41, 5.74) is 2.86. The van der Waals surface area contributed by atoms with Crippen molar-refractivity contribution in [2.24, 2.45) is 0 Å². The molecule has 0 saturated heterocycles. The van der Waals surface area contributed by atoms with Gasteiger partial charge in [-0.15, -0.1) is 10.2 Å². The van der Waals surface area contributed by atoms with Crippen molar-refractivity contribution in [3.63, 3.8) is 0 Å². The summed E-state index contributed by atoms with van der Waals surface area (Å²) < 4.78 is 20.8. The van der Waals surface area contributed by atoms with Crippen LogP contribution in [0.15, 0.2) is 47.6 Å². The zero-order valence-corrected chi connectivity index (χ0v) is 14.9. The fourth-order valence-electron chi connectivity index (χ4n) is 2.43. The van der Waals surface area contributed by atoms with Crippen LogP contribution in [0.5, 0.6) is 5.75 Å². The van der Waals surface area contributed by atoms with Gasteiger partial charge in [0.2, 0.25) is 5.16 Å². The van der Waals surface area contributed by atoms with Crippen LogP contribution < -0.4 is 10.6 Å². The van der Waals surface area contributed by atoms with Crippen molar-refractivity contribution < 1.29 is 9.13 Å². The first-order valence-corrected chi connectivity index (χ1v) is 8.78. The van der Waals surface area contributed by atoms with Gasteiger partial charge in [0.05, 0.1) is 0 Å². The molecule has 5 nitrogen and oxygen atoms in total. The van der Waals surface area contributed by atoms with E-state index in [1.165, 1.54) is 22.5 Å². The second-order valence-electron chi connectivity index (χ2n) is 5.76. The number of ether oxygens (including phenoxy) is 1. The summed E-state index contributed by atoms with van der Waals surface area (Å²) in [6.07, 6.45) is 0. The highest BCUT2D eigenvalue weighted by molar-refractivity contribution is 7.98. The molecule has 0 bridgehead atoms. The van der Waals surface area contributed by atoms with Crippen molar-refractivity contribution in [2.75, 3.05) is 5.84 Å². The molecule has 3 aromatic rings. The van der Waals surface area contributed by atoms with E-state index in [-0.39, 0.29) is 12.4 Å². The van der Waals surface area contributed by atoms with E-state index in [4.69, 9.17) is 10.6 Å². The van der Waals surface area contributed by atoms with Gasteiger partial charge >= 0.3 is 0 Å². The van der Waals surface area contributed by atoms with Crippen molar-refractivity contribution in [1.29, 1.82) is 0 Å². The summed E-state index contributed by atoms with van der Waals surface area (Å²) in [5, 5.41) is 8.63. The van der Waals surface area contributed by atoms with E-state index >= 15 is 0 Å². The van der Waals surface area contributed by atoms with Crippen molar-refractivity contribution in [3.05, 3.63) is 70.8 Å². The molecule has 3 rings (SSSR count). The van der Waals surface area contributed by atoms with Gasteiger partial charge in [0.15, 0.2) is 5.82 Å². The van der Waals surface area contributed by atoms with Crippen LogP contribution in [-0.2, 0) is 12.4 Å². The fourth-order valence-corrected chi connectivity index (χ4v) is 3.29. The zero-order valence-electron chi connectivity index (χ0n) is 14.1. The number of aryl methyl sites for hydroxylation is 2. The Morgan fingerprint density at radius 3 is 2.56 bits per heavy atom. The van der Waals surface area contributed by atoms with Gasteiger partial charge in [-0.1, -0.05) is 36.0 Å². The van der Waals surface area contributed by atoms with E-state index in [2.05, 4.69) is 16.3 Å². The highest BCUT2D eigenvalue weighted by Crippen LogP contribution is 2.23. The quantitative estimate of drug-likeness (QED) is 0.538. The number of halogens is 1. The standard InChI is InChI=1S/C18H19FN4OS/c1-12-7-13(2)9-15(8-12)24-10-17-21-22-18(23(17)20)25-11-14-5-3-4-6-16(14)19/h3-9H,10-11,20H2,1-2H3. The Morgan fingerprint density at radius 2 is 1.84 bits per heavy atom. The van der Waals surface area contributed by atoms with Gasteiger partial charge in [0.25, 0.3) is 0 Å². The van der Waals surface area contributed by atoms with E-state index < -0.39 is 0 Å². The summed E-state index contributed by atoms with van der Waals surface area (Å²) >= 11 is 1.33. The van der Waals surface area contributed by atoms with Crippen LogP contribution >= 0.6 is 11.8 Å². The normalized spacial score (nSPS) is 10.8. The number of nitrogens with two attached hydrogens (primary N) is 1. The van der Waals surface area contributed by atoms with Gasteiger partial charge < -0.3 is 10.6 Å². The minimum Gasteiger partial charge on any atom is -0.486 e. The first kappa shape index (κ1) is 17.3. The third-order valence-corrected chi connectivity index (χ3v) is 4.60. The monoisotopic (exact) mass is 358 g/mol. The van der Waals surface area contributed by atoms with Crippen LogP contribution in [0.2, 0.25) is 0 Å². The Labute approximate surface area is 150 Å². The smallest absolute Gasteiger partial charge is 0.210 e. The molecule has 7 heteroatoms. The largest absolute Gasteiger partial charge is 0.486 e. The third kappa shape index (κ3) is 4.30. The van der Waals surface area contributed by atoms with Crippen LogP contribution in [0.3, 0.4) is 0 Å². The molecule has 0 radical (unpaired) electrons. The van der Waals surface area contributed by atoms with Crippen LogP contribution in [-0.4, -0.2) is 14.9 Å². The lowest BCUT2D eigenvalue weighted by atomic mass is 10.1. The molecule has 0 atom stereocenters. The predicted octanol–water partition coefficient (Wildman–Crippen LogP) is 3.62. The van der Waals surface area contributed by atoms with E-state index in [1.54, 1.807) is 18.2 Å². The Hall–Kier alpha value is -2.54. The number of benzene rings is 2. The molecule has 1 aromatic heterocycles. The zero-order chi connectivity index (χ0) is 17.8. The summed E-state index contributed by atoms with van der Waals surface area (Å²) in [6.45, 7) is 4.25.